The Morgan fingerprint density at radius 2 is 1.89 bits per heavy atom. The molecule has 1 aromatic rings. The van der Waals surface area contributed by atoms with Crippen LogP contribution in [0.4, 0.5) is 13.2 Å². The second-order valence-electron chi connectivity index (χ2n) is 4.66. The Morgan fingerprint density at radius 1 is 1.26 bits per heavy atom. The largest absolute Gasteiger partial charge is 0.473 e. The second-order valence-corrected chi connectivity index (χ2v) is 5.07. The van der Waals surface area contributed by atoms with Gasteiger partial charge in [-0.05, 0) is 31.7 Å². The number of aromatic nitrogens is 1. The van der Waals surface area contributed by atoms with E-state index in [0.717, 1.165) is 37.9 Å². The number of halogens is 4. The van der Waals surface area contributed by atoms with E-state index in [2.05, 4.69) is 4.98 Å². The van der Waals surface area contributed by atoms with E-state index >= 15 is 0 Å². The lowest BCUT2D eigenvalue weighted by Gasteiger charge is -2.26. The van der Waals surface area contributed by atoms with Crippen molar-refractivity contribution in [3.05, 3.63) is 22.8 Å². The minimum absolute atomic E-state index is 0.0511. The molecular weight excluding hydrogens is 281 g/mol. The maximum Gasteiger partial charge on any atom is 0.417 e. The topological polar surface area (TPSA) is 48.1 Å². The summed E-state index contributed by atoms with van der Waals surface area (Å²) in [6.07, 6.45) is -0.601. The molecule has 1 aliphatic rings. The van der Waals surface area contributed by atoms with Crippen LogP contribution in [0, 0.1) is 0 Å². The zero-order chi connectivity index (χ0) is 14.0. The number of rotatable bonds is 2. The number of pyridine rings is 1. The zero-order valence-electron chi connectivity index (χ0n) is 10.1. The Kier molecular flexibility index (Phi) is 4.20. The van der Waals surface area contributed by atoms with Gasteiger partial charge in [-0.2, -0.15) is 13.2 Å². The molecule has 2 N–H and O–H groups in total. The molecule has 1 heterocycles. The van der Waals surface area contributed by atoms with E-state index in [-0.39, 0.29) is 23.0 Å². The van der Waals surface area contributed by atoms with Crippen LogP contribution in [-0.4, -0.2) is 17.1 Å². The molecule has 0 atom stereocenters. The van der Waals surface area contributed by atoms with Gasteiger partial charge in [0.2, 0.25) is 5.88 Å². The van der Waals surface area contributed by atoms with Gasteiger partial charge in [-0.1, -0.05) is 11.6 Å². The van der Waals surface area contributed by atoms with Crippen LogP contribution in [0.3, 0.4) is 0 Å². The van der Waals surface area contributed by atoms with E-state index in [4.69, 9.17) is 22.1 Å². The van der Waals surface area contributed by atoms with Crippen LogP contribution in [0.15, 0.2) is 12.3 Å². The van der Waals surface area contributed by atoms with E-state index < -0.39 is 11.7 Å². The smallest absolute Gasteiger partial charge is 0.417 e. The number of hydrogen-bond acceptors (Lipinski definition) is 3. The van der Waals surface area contributed by atoms with Gasteiger partial charge in [0.1, 0.15) is 11.1 Å². The van der Waals surface area contributed by atoms with Gasteiger partial charge in [0.15, 0.2) is 0 Å². The molecule has 3 nitrogen and oxygen atoms in total. The lowest BCUT2D eigenvalue weighted by molar-refractivity contribution is -0.137. The molecule has 0 radical (unpaired) electrons. The molecule has 0 saturated heterocycles. The molecule has 0 aliphatic heterocycles. The molecule has 1 saturated carbocycles. The average Bonchev–Trinajstić information content (AvgIpc) is 2.33. The molecule has 1 aliphatic carbocycles. The third-order valence-electron chi connectivity index (χ3n) is 3.13. The molecule has 7 heteroatoms. The lowest BCUT2D eigenvalue weighted by atomic mass is 9.94. The lowest BCUT2D eigenvalue weighted by Crippen LogP contribution is -2.31. The van der Waals surface area contributed by atoms with Crippen molar-refractivity contribution < 1.29 is 17.9 Å². The summed E-state index contributed by atoms with van der Waals surface area (Å²) in [6, 6.07) is 1.01. The second kappa shape index (κ2) is 5.54. The third kappa shape index (κ3) is 3.73. The number of nitrogens with zero attached hydrogens (tertiary/aromatic N) is 1. The van der Waals surface area contributed by atoms with Gasteiger partial charge in [0.25, 0.3) is 0 Å². The predicted molar refractivity (Wildman–Crippen MR) is 65.1 cm³/mol. The summed E-state index contributed by atoms with van der Waals surface area (Å²) in [5.41, 5.74) is 4.89. The van der Waals surface area contributed by atoms with Crippen LogP contribution in [0.25, 0.3) is 0 Å². The van der Waals surface area contributed by atoms with Crippen molar-refractivity contribution in [1.29, 1.82) is 0 Å². The van der Waals surface area contributed by atoms with E-state index in [1.54, 1.807) is 0 Å². The molecule has 1 fully saturated rings. The third-order valence-corrected chi connectivity index (χ3v) is 3.40. The molecule has 0 bridgehead atoms. The first kappa shape index (κ1) is 14.4. The predicted octanol–water partition coefficient (Wildman–Crippen LogP) is 3.40. The SMILES string of the molecule is NC1CCC(Oc2ncc(C(F)(F)F)cc2Cl)CC1. The van der Waals surface area contributed by atoms with E-state index in [1.807, 2.05) is 0 Å². The summed E-state index contributed by atoms with van der Waals surface area (Å²) >= 11 is 5.77. The fourth-order valence-corrected chi connectivity index (χ4v) is 2.24. The van der Waals surface area contributed by atoms with Crippen LogP contribution in [0.2, 0.25) is 5.02 Å². The quantitative estimate of drug-likeness (QED) is 0.909. The van der Waals surface area contributed by atoms with Crippen LogP contribution in [0.1, 0.15) is 31.2 Å². The highest BCUT2D eigenvalue weighted by Crippen LogP contribution is 2.34. The van der Waals surface area contributed by atoms with Crippen molar-refractivity contribution in [1.82, 2.24) is 4.98 Å². The van der Waals surface area contributed by atoms with Crippen molar-refractivity contribution in [2.24, 2.45) is 5.73 Å². The van der Waals surface area contributed by atoms with Crippen LogP contribution in [0.5, 0.6) is 5.88 Å². The summed E-state index contributed by atoms with van der Waals surface area (Å²) in [6.45, 7) is 0. The number of alkyl halides is 3. The van der Waals surface area contributed by atoms with Crippen molar-refractivity contribution in [3.8, 4) is 5.88 Å². The van der Waals surface area contributed by atoms with Gasteiger partial charge in [0.05, 0.1) is 5.56 Å². The Balaban J connectivity index is 2.05. The summed E-state index contributed by atoms with van der Waals surface area (Å²) in [4.78, 5) is 3.65. The summed E-state index contributed by atoms with van der Waals surface area (Å²) < 4.78 is 42.9. The van der Waals surface area contributed by atoms with Crippen molar-refractivity contribution in [3.63, 3.8) is 0 Å². The molecular formula is C12H14ClF3N2O. The van der Waals surface area contributed by atoms with Crippen LogP contribution < -0.4 is 10.5 Å². The fourth-order valence-electron chi connectivity index (χ4n) is 2.03. The summed E-state index contributed by atoms with van der Waals surface area (Å²) in [5, 5.41) is -0.121. The first-order valence-electron chi connectivity index (χ1n) is 6.01. The highest BCUT2D eigenvalue weighted by atomic mass is 35.5. The number of nitrogens with two attached hydrogens (primary N) is 1. The Bertz CT molecular complexity index is 445. The minimum atomic E-state index is -4.45. The number of hydrogen-bond donors (Lipinski definition) is 1. The van der Waals surface area contributed by atoms with Gasteiger partial charge >= 0.3 is 6.18 Å². The van der Waals surface area contributed by atoms with Crippen LogP contribution in [-0.2, 0) is 6.18 Å². The fraction of sp³-hybridized carbons (Fsp3) is 0.583. The average molecular weight is 295 g/mol. The molecule has 0 spiro atoms. The molecule has 2 rings (SSSR count). The highest BCUT2D eigenvalue weighted by Gasteiger charge is 2.32. The molecule has 0 amide bonds. The van der Waals surface area contributed by atoms with Gasteiger partial charge in [-0.3, -0.25) is 0 Å². The zero-order valence-corrected chi connectivity index (χ0v) is 10.8. The van der Waals surface area contributed by atoms with Crippen LogP contribution >= 0.6 is 11.6 Å². The standard InChI is InChI=1S/C12H14ClF3N2O/c13-10-5-7(12(14,15)16)6-18-11(10)19-9-3-1-8(17)2-4-9/h5-6,8-9H,1-4,17H2. The van der Waals surface area contributed by atoms with Gasteiger partial charge in [0, 0.05) is 12.2 Å². The summed E-state index contributed by atoms with van der Waals surface area (Å²) in [7, 11) is 0. The normalized spacial score (nSPS) is 24.3. The first-order chi connectivity index (χ1) is 8.86. The summed E-state index contributed by atoms with van der Waals surface area (Å²) in [5.74, 6) is 0.0511. The highest BCUT2D eigenvalue weighted by molar-refractivity contribution is 6.31. The monoisotopic (exact) mass is 294 g/mol. The van der Waals surface area contributed by atoms with Crippen molar-refractivity contribution in [2.75, 3.05) is 0 Å². The maximum atomic E-state index is 12.4. The minimum Gasteiger partial charge on any atom is -0.473 e. The Hall–Kier alpha value is -1.01. The number of ether oxygens (including phenoxy) is 1. The van der Waals surface area contributed by atoms with Gasteiger partial charge < -0.3 is 10.5 Å². The molecule has 19 heavy (non-hydrogen) atoms. The molecule has 1 aromatic heterocycles. The molecule has 0 unspecified atom stereocenters. The molecule has 0 aromatic carbocycles. The van der Waals surface area contributed by atoms with Crippen molar-refractivity contribution >= 4 is 11.6 Å². The van der Waals surface area contributed by atoms with Gasteiger partial charge in [-0.25, -0.2) is 4.98 Å². The van der Waals surface area contributed by atoms with E-state index in [9.17, 15) is 13.2 Å². The molecule has 106 valence electrons. The van der Waals surface area contributed by atoms with E-state index in [0.29, 0.717) is 0 Å². The van der Waals surface area contributed by atoms with E-state index in [1.165, 1.54) is 0 Å². The maximum absolute atomic E-state index is 12.4. The Morgan fingerprint density at radius 3 is 2.42 bits per heavy atom. The Labute approximate surface area is 113 Å². The van der Waals surface area contributed by atoms with Gasteiger partial charge in [-0.15, -0.1) is 0 Å². The van der Waals surface area contributed by atoms with Crippen molar-refractivity contribution in [2.45, 2.75) is 44.0 Å². The first-order valence-corrected chi connectivity index (χ1v) is 6.39.